The molecule has 1 aliphatic heterocycles. The van der Waals surface area contributed by atoms with Gasteiger partial charge in [0.1, 0.15) is 11.9 Å². The zero-order valence-electron chi connectivity index (χ0n) is 17.2. The molecule has 0 radical (unpaired) electrons. The van der Waals surface area contributed by atoms with Crippen LogP contribution in [0.15, 0.2) is 65.4 Å². The van der Waals surface area contributed by atoms with Crippen LogP contribution in [0.25, 0.3) is 0 Å². The van der Waals surface area contributed by atoms with E-state index in [0.717, 1.165) is 16.7 Å². The van der Waals surface area contributed by atoms with E-state index in [2.05, 4.69) is 13.8 Å². The van der Waals surface area contributed by atoms with Crippen LogP contribution in [0.4, 0.5) is 0 Å². The van der Waals surface area contributed by atoms with Crippen molar-refractivity contribution in [3.8, 4) is 0 Å². The Hall–Kier alpha value is -2.27. The van der Waals surface area contributed by atoms with E-state index in [1.165, 1.54) is 4.31 Å². The summed E-state index contributed by atoms with van der Waals surface area (Å²) in [4.78, 5) is 0.306. The molecular formula is C23H29NO3S. The number of aryl methyl sites for hydroxylation is 2. The van der Waals surface area contributed by atoms with Gasteiger partial charge in [-0.05, 0) is 50.8 Å². The highest BCUT2D eigenvalue weighted by atomic mass is 32.2. The molecule has 2 aromatic rings. The van der Waals surface area contributed by atoms with Gasteiger partial charge in [0.15, 0.2) is 0 Å². The molecule has 0 fully saturated rings. The van der Waals surface area contributed by atoms with E-state index in [1.807, 2.05) is 57.2 Å². The van der Waals surface area contributed by atoms with Gasteiger partial charge in [-0.1, -0.05) is 61.4 Å². The average molecular weight is 400 g/mol. The third-order valence-electron chi connectivity index (χ3n) is 5.01. The fourth-order valence-corrected chi connectivity index (χ4v) is 5.12. The summed E-state index contributed by atoms with van der Waals surface area (Å²) >= 11 is 0. The Kier molecular flexibility index (Phi) is 5.84. The maximum atomic E-state index is 13.5. The highest BCUT2D eigenvalue weighted by molar-refractivity contribution is 7.89. The van der Waals surface area contributed by atoms with Crippen LogP contribution in [0.1, 0.15) is 50.0 Å². The molecule has 5 heteroatoms. The van der Waals surface area contributed by atoms with E-state index in [1.54, 1.807) is 18.3 Å². The summed E-state index contributed by atoms with van der Waals surface area (Å²) in [7, 11) is -3.68. The van der Waals surface area contributed by atoms with Crippen LogP contribution in [-0.2, 0) is 14.8 Å². The molecule has 3 rings (SSSR count). The van der Waals surface area contributed by atoms with Crippen molar-refractivity contribution in [2.45, 2.75) is 58.1 Å². The lowest BCUT2D eigenvalue weighted by Gasteiger charge is -2.40. The van der Waals surface area contributed by atoms with Gasteiger partial charge in [0.25, 0.3) is 10.0 Å². The maximum absolute atomic E-state index is 13.5. The molecule has 0 N–H and O–H groups in total. The minimum atomic E-state index is -3.68. The smallest absolute Gasteiger partial charge is 0.264 e. The molecule has 28 heavy (non-hydrogen) atoms. The topological polar surface area (TPSA) is 46.6 Å². The molecule has 2 atom stereocenters. The summed E-state index contributed by atoms with van der Waals surface area (Å²) < 4.78 is 34.7. The predicted molar refractivity (Wildman–Crippen MR) is 112 cm³/mol. The summed E-state index contributed by atoms with van der Waals surface area (Å²) in [6.45, 7) is 10.0. The quantitative estimate of drug-likeness (QED) is 0.682. The number of nitrogens with zero attached hydrogens (tertiary/aromatic N) is 1. The van der Waals surface area contributed by atoms with Gasteiger partial charge in [-0.15, -0.1) is 0 Å². The molecule has 0 amide bonds. The van der Waals surface area contributed by atoms with Gasteiger partial charge in [0, 0.05) is 0 Å². The summed E-state index contributed by atoms with van der Waals surface area (Å²) in [5.41, 5.74) is 3.19. The van der Waals surface area contributed by atoms with E-state index >= 15 is 0 Å². The first-order chi connectivity index (χ1) is 13.2. The molecule has 0 saturated heterocycles. The predicted octanol–water partition coefficient (Wildman–Crippen LogP) is 5.34. The maximum Gasteiger partial charge on any atom is 0.264 e. The minimum absolute atomic E-state index is 0.306. The van der Waals surface area contributed by atoms with Gasteiger partial charge in [-0.25, -0.2) is 8.42 Å². The van der Waals surface area contributed by atoms with Crippen molar-refractivity contribution in [2.24, 2.45) is 5.92 Å². The number of ether oxygens (including phenoxy) is 1. The van der Waals surface area contributed by atoms with E-state index in [0.29, 0.717) is 23.0 Å². The lowest BCUT2D eigenvalue weighted by molar-refractivity contribution is 0.0300. The van der Waals surface area contributed by atoms with Crippen LogP contribution < -0.4 is 0 Å². The molecule has 150 valence electrons. The Labute approximate surface area is 168 Å². The SMILES string of the molecule is CC1=CN(S(=O)(=O)c2ccc(C)cc2)[C@H](CC(C)C)[C@H](c2ccc(C)cc2)O1. The lowest BCUT2D eigenvalue weighted by atomic mass is 9.93. The Bertz CT molecular complexity index is 944. The van der Waals surface area contributed by atoms with Crippen LogP contribution in [-0.4, -0.2) is 18.8 Å². The zero-order chi connectivity index (χ0) is 20.5. The lowest BCUT2D eigenvalue weighted by Crippen LogP contribution is -2.44. The Morgan fingerprint density at radius 1 is 0.929 bits per heavy atom. The normalized spacial score (nSPS) is 20.1. The number of rotatable bonds is 5. The number of allylic oxidation sites excluding steroid dienone is 1. The molecule has 0 spiro atoms. The summed E-state index contributed by atoms with van der Waals surface area (Å²) in [5.74, 6) is 0.922. The van der Waals surface area contributed by atoms with E-state index in [9.17, 15) is 8.42 Å². The minimum Gasteiger partial charge on any atom is -0.487 e. The highest BCUT2D eigenvalue weighted by Crippen LogP contribution is 2.38. The Morgan fingerprint density at radius 3 is 2.00 bits per heavy atom. The van der Waals surface area contributed by atoms with Crippen molar-refractivity contribution in [1.29, 1.82) is 0 Å². The zero-order valence-corrected chi connectivity index (χ0v) is 18.0. The molecule has 0 saturated carbocycles. The monoisotopic (exact) mass is 399 g/mol. The van der Waals surface area contributed by atoms with Crippen molar-refractivity contribution >= 4 is 10.0 Å². The molecule has 1 heterocycles. The average Bonchev–Trinajstić information content (AvgIpc) is 2.63. The summed E-state index contributed by atoms with van der Waals surface area (Å²) in [6, 6.07) is 14.9. The standard InChI is InChI=1S/C23H29NO3S/c1-16(2)14-22-23(20-10-6-17(3)7-11-20)27-19(5)15-24(22)28(25,26)21-12-8-18(4)9-13-21/h6-13,15-16,22-23H,14H2,1-5H3/t22-,23+/m1/s1. The summed E-state index contributed by atoms with van der Waals surface area (Å²) in [5, 5.41) is 0. The first-order valence-corrected chi connectivity index (χ1v) is 11.1. The third kappa shape index (κ3) is 4.25. The first-order valence-electron chi connectivity index (χ1n) is 9.70. The Morgan fingerprint density at radius 2 is 1.46 bits per heavy atom. The fraction of sp³-hybridized carbons (Fsp3) is 0.391. The van der Waals surface area contributed by atoms with Gasteiger partial charge in [0.2, 0.25) is 0 Å². The van der Waals surface area contributed by atoms with Crippen molar-refractivity contribution in [3.63, 3.8) is 0 Å². The van der Waals surface area contributed by atoms with Crippen LogP contribution in [0.3, 0.4) is 0 Å². The molecule has 0 bridgehead atoms. The van der Waals surface area contributed by atoms with Crippen LogP contribution in [0.2, 0.25) is 0 Å². The number of hydrogen-bond donors (Lipinski definition) is 0. The molecule has 0 aliphatic carbocycles. The molecule has 1 aliphatic rings. The van der Waals surface area contributed by atoms with E-state index < -0.39 is 10.0 Å². The largest absolute Gasteiger partial charge is 0.487 e. The van der Waals surface area contributed by atoms with Gasteiger partial charge >= 0.3 is 0 Å². The Balaban J connectivity index is 2.07. The third-order valence-corrected chi connectivity index (χ3v) is 6.81. The van der Waals surface area contributed by atoms with Crippen molar-refractivity contribution in [2.75, 3.05) is 0 Å². The number of benzene rings is 2. The van der Waals surface area contributed by atoms with E-state index in [4.69, 9.17) is 4.74 Å². The highest BCUT2D eigenvalue weighted by Gasteiger charge is 2.39. The second-order valence-corrected chi connectivity index (χ2v) is 9.88. The summed E-state index contributed by atoms with van der Waals surface area (Å²) in [6.07, 6.45) is 1.99. The van der Waals surface area contributed by atoms with Gasteiger partial charge in [-0.3, -0.25) is 4.31 Å². The number of hydrogen-bond acceptors (Lipinski definition) is 3. The van der Waals surface area contributed by atoms with Crippen LogP contribution in [0.5, 0.6) is 0 Å². The van der Waals surface area contributed by atoms with Crippen LogP contribution in [0, 0.1) is 19.8 Å². The second-order valence-electron chi connectivity index (χ2n) is 8.03. The molecule has 0 unspecified atom stereocenters. The van der Waals surface area contributed by atoms with Gasteiger partial charge < -0.3 is 4.74 Å². The van der Waals surface area contributed by atoms with Gasteiger partial charge in [0.05, 0.1) is 17.1 Å². The fourth-order valence-electron chi connectivity index (χ4n) is 3.55. The molecule has 4 nitrogen and oxygen atoms in total. The van der Waals surface area contributed by atoms with Gasteiger partial charge in [-0.2, -0.15) is 0 Å². The van der Waals surface area contributed by atoms with Crippen molar-refractivity contribution < 1.29 is 13.2 Å². The first kappa shape index (κ1) is 20.5. The number of sulfonamides is 1. The molecule has 0 aromatic heterocycles. The molecule has 2 aromatic carbocycles. The second kappa shape index (κ2) is 8.00. The van der Waals surface area contributed by atoms with E-state index in [-0.39, 0.29) is 12.1 Å². The van der Waals surface area contributed by atoms with Crippen molar-refractivity contribution in [3.05, 3.63) is 77.2 Å². The molecular weight excluding hydrogens is 370 g/mol. The van der Waals surface area contributed by atoms with Crippen molar-refractivity contribution in [1.82, 2.24) is 4.31 Å². The van der Waals surface area contributed by atoms with Crippen LogP contribution >= 0.6 is 0 Å².